The molecule has 0 amide bonds. The maximum Gasteiger partial charge on any atom is 0.145 e. The number of anilines is 1. The molecule has 0 spiro atoms. The van der Waals surface area contributed by atoms with E-state index >= 15 is 0 Å². The molecular formula is C16H19N7. The third-order valence-electron chi connectivity index (χ3n) is 4.41. The Hall–Kier alpha value is -2.54. The highest BCUT2D eigenvalue weighted by atomic mass is 15.3. The SMILES string of the molecule is Nc1nc(CN2CCC(n3cncn3)CC2)nc2ccccc12. The van der Waals surface area contributed by atoms with Crippen LogP contribution in [0.2, 0.25) is 0 Å². The van der Waals surface area contributed by atoms with Crippen molar-refractivity contribution >= 4 is 16.7 Å². The van der Waals surface area contributed by atoms with Gasteiger partial charge in [0.2, 0.25) is 0 Å². The molecule has 118 valence electrons. The van der Waals surface area contributed by atoms with Crippen LogP contribution < -0.4 is 5.73 Å². The second kappa shape index (κ2) is 5.92. The first kappa shape index (κ1) is 14.1. The Morgan fingerprint density at radius 3 is 2.74 bits per heavy atom. The second-order valence-corrected chi connectivity index (χ2v) is 5.93. The van der Waals surface area contributed by atoms with Crippen molar-refractivity contribution in [1.82, 2.24) is 29.6 Å². The van der Waals surface area contributed by atoms with E-state index in [4.69, 9.17) is 5.73 Å². The monoisotopic (exact) mass is 309 g/mol. The van der Waals surface area contributed by atoms with Crippen molar-refractivity contribution in [3.63, 3.8) is 0 Å². The van der Waals surface area contributed by atoms with Crippen LogP contribution in [-0.4, -0.2) is 42.7 Å². The summed E-state index contributed by atoms with van der Waals surface area (Å²) < 4.78 is 1.96. The predicted molar refractivity (Wildman–Crippen MR) is 87.5 cm³/mol. The molecule has 0 saturated carbocycles. The van der Waals surface area contributed by atoms with Gasteiger partial charge in [0.15, 0.2) is 0 Å². The molecule has 0 bridgehead atoms. The average molecular weight is 309 g/mol. The van der Waals surface area contributed by atoms with Gasteiger partial charge in [-0.1, -0.05) is 12.1 Å². The van der Waals surface area contributed by atoms with E-state index in [-0.39, 0.29) is 0 Å². The smallest absolute Gasteiger partial charge is 0.145 e. The number of hydrogen-bond donors (Lipinski definition) is 1. The van der Waals surface area contributed by atoms with Crippen LogP contribution >= 0.6 is 0 Å². The summed E-state index contributed by atoms with van der Waals surface area (Å²) in [6.07, 6.45) is 5.52. The quantitative estimate of drug-likeness (QED) is 0.791. The third-order valence-corrected chi connectivity index (χ3v) is 4.41. The normalized spacial score (nSPS) is 16.9. The van der Waals surface area contributed by atoms with Gasteiger partial charge in [-0.15, -0.1) is 0 Å². The molecule has 1 fully saturated rings. The number of nitrogen functional groups attached to an aromatic ring is 1. The zero-order valence-electron chi connectivity index (χ0n) is 12.8. The van der Waals surface area contributed by atoms with Gasteiger partial charge in [-0.3, -0.25) is 4.90 Å². The van der Waals surface area contributed by atoms with Crippen LogP contribution in [-0.2, 0) is 6.54 Å². The molecule has 1 aliphatic heterocycles. The molecule has 4 rings (SSSR count). The van der Waals surface area contributed by atoms with Crippen molar-refractivity contribution in [2.24, 2.45) is 0 Å². The van der Waals surface area contributed by atoms with E-state index in [1.807, 2.05) is 28.9 Å². The van der Waals surface area contributed by atoms with Crippen LogP contribution in [0.4, 0.5) is 5.82 Å². The van der Waals surface area contributed by atoms with Gasteiger partial charge in [-0.25, -0.2) is 19.6 Å². The summed E-state index contributed by atoms with van der Waals surface area (Å²) in [5.74, 6) is 1.35. The van der Waals surface area contributed by atoms with Crippen LogP contribution in [0.1, 0.15) is 24.7 Å². The van der Waals surface area contributed by atoms with Crippen LogP contribution in [0, 0.1) is 0 Å². The van der Waals surface area contributed by atoms with Crippen LogP contribution in [0.5, 0.6) is 0 Å². The topological polar surface area (TPSA) is 85.8 Å². The Morgan fingerprint density at radius 1 is 1.13 bits per heavy atom. The summed E-state index contributed by atoms with van der Waals surface area (Å²) in [5, 5.41) is 5.16. The van der Waals surface area contributed by atoms with Gasteiger partial charge in [0.25, 0.3) is 0 Å². The molecule has 2 aromatic heterocycles. The van der Waals surface area contributed by atoms with Gasteiger partial charge < -0.3 is 5.73 Å². The Bertz CT molecular complexity index is 791. The number of para-hydroxylation sites is 1. The molecule has 1 saturated heterocycles. The lowest BCUT2D eigenvalue weighted by Gasteiger charge is -2.31. The van der Waals surface area contributed by atoms with Crippen molar-refractivity contribution in [3.8, 4) is 0 Å². The van der Waals surface area contributed by atoms with Gasteiger partial charge in [0.1, 0.15) is 24.3 Å². The molecule has 0 aliphatic carbocycles. The summed E-state index contributed by atoms with van der Waals surface area (Å²) in [7, 11) is 0. The molecule has 7 heteroatoms. The highest BCUT2D eigenvalue weighted by molar-refractivity contribution is 5.87. The molecule has 1 aliphatic rings. The van der Waals surface area contributed by atoms with Crippen LogP contribution in [0.25, 0.3) is 10.9 Å². The number of nitrogens with zero attached hydrogens (tertiary/aromatic N) is 6. The van der Waals surface area contributed by atoms with Crippen molar-refractivity contribution in [2.75, 3.05) is 18.8 Å². The Labute approximate surface area is 134 Å². The maximum atomic E-state index is 6.06. The molecule has 23 heavy (non-hydrogen) atoms. The molecule has 0 radical (unpaired) electrons. The number of rotatable bonds is 3. The molecule has 0 unspecified atom stereocenters. The van der Waals surface area contributed by atoms with Crippen molar-refractivity contribution in [3.05, 3.63) is 42.7 Å². The molecule has 2 N–H and O–H groups in total. The van der Waals surface area contributed by atoms with E-state index in [2.05, 4.69) is 25.0 Å². The Kier molecular flexibility index (Phi) is 3.63. The molecule has 0 atom stereocenters. The lowest BCUT2D eigenvalue weighted by atomic mass is 10.1. The van der Waals surface area contributed by atoms with Gasteiger partial charge >= 0.3 is 0 Å². The number of benzene rings is 1. The standard InChI is InChI=1S/C16H19N7/c17-16-13-3-1-2-4-14(13)20-15(21-16)9-22-7-5-12(6-8-22)23-11-18-10-19-23/h1-4,10-12H,5-9H2,(H2,17,20,21). The molecular weight excluding hydrogens is 290 g/mol. The molecule has 7 nitrogen and oxygen atoms in total. The lowest BCUT2D eigenvalue weighted by molar-refractivity contribution is 0.170. The molecule has 3 aromatic rings. The van der Waals surface area contributed by atoms with Gasteiger partial charge in [0, 0.05) is 18.5 Å². The average Bonchev–Trinajstić information content (AvgIpc) is 3.10. The van der Waals surface area contributed by atoms with Crippen molar-refractivity contribution in [1.29, 1.82) is 0 Å². The molecule has 3 heterocycles. The van der Waals surface area contributed by atoms with Gasteiger partial charge in [-0.2, -0.15) is 5.10 Å². The fourth-order valence-electron chi connectivity index (χ4n) is 3.17. The summed E-state index contributed by atoms with van der Waals surface area (Å²) in [4.78, 5) is 15.5. The zero-order valence-corrected chi connectivity index (χ0v) is 12.8. The van der Waals surface area contributed by atoms with E-state index in [0.717, 1.165) is 49.2 Å². The minimum atomic E-state index is 0.441. The fourth-order valence-corrected chi connectivity index (χ4v) is 3.17. The highest BCUT2D eigenvalue weighted by Gasteiger charge is 2.21. The molecule has 1 aromatic carbocycles. The van der Waals surface area contributed by atoms with Crippen molar-refractivity contribution < 1.29 is 0 Å². The zero-order chi connectivity index (χ0) is 15.6. The van der Waals surface area contributed by atoms with E-state index < -0.39 is 0 Å². The van der Waals surface area contributed by atoms with Crippen LogP contribution in [0.3, 0.4) is 0 Å². The van der Waals surface area contributed by atoms with E-state index in [1.165, 1.54) is 0 Å². The lowest BCUT2D eigenvalue weighted by Crippen LogP contribution is -2.34. The largest absolute Gasteiger partial charge is 0.383 e. The minimum Gasteiger partial charge on any atom is -0.383 e. The first-order valence-corrected chi connectivity index (χ1v) is 7.87. The first-order valence-electron chi connectivity index (χ1n) is 7.87. The first-order chi connectivity index (χ1) is 11.3. The second-order valence-electron chi connectivity index (χ2n) is 5.93. The van der Waals surface area contributed by atoms with Crippen LogP contribution in [0.15, 0.2) is 36.9 Å². The van der Waals surface area contributed by atoms with E-state index in [9.17, 15) is 0 Å². The van der Waals surface area contributed by atoms with E-state index in [1.54, 1.807) is 12.7 Å². The highest BCUT2D eigenvalue weighted by Crippen LogP contribution is 2.23. The number of nitrogens with two attached hydrogens (primary N) is 1. The summed E-state index contributed by atoms with van der Waals surface area (Å²) in [5.41, 5.74) is 6.97. The number of fused-ring (bicyclic) bond motifs is 1. The number of aromatic nitrogens is 5. The van der Waals surface area contributed by atoms with E-state index in [0.29, 0.717) is 11.9 Å². The maximum absolute atomic E-state index is 6.06. The number of hydrogen-bond acceptors (Lipinski definition) is 6. The number of likely N-dealkylation sites (tertiary alicyclic amines) is 1. The van der Waals surface area contributed by atoms with Gasteiger partial charge in [0.05, 0.1) is 18.1 Å². The number of piperidine rings is 1. The summed E-state index contributed by atoms with van der Waals surface area (Å²) in [6.45, 7) is 2.74. The summed E-state index contributed by atoms with van der Waals surface area (Å²) in [6, 6.07) is 8.31. The minimum absolute atomic E-state index is 0.441. The predicted octanol–water partition coefficient (Wildman–Crippen LogP) is 1.64. The Morgan fingerprint density at radius 2 is 1.96 bits per heavy atom. The third kappa shape index (κ3) is 2.87. The summed E-state index contributed by atoms with van der Waals surface area (Å²) >= 11 is 0. The van der Waals surface area contributed by atoms with Crippen molar-refractivity contribution in [2.45, 2.75) is 25.4 Å². The van der Waals surface area contributed by atoms with Gasteiger partial charge in [-0.05, 0) is 25.0 Å². The fraction of sp³-hybridized carbons (Fsp3) is 0.375. The Balaban J connectivity index is 1.45.